The van der Waals surface area contributed by atoms with Crippen LogP contribution in [0.3, 0.4) is 0 Å². The van der Waals surface area contributed by atoms with E-state index in [2.05, 4.69) is 20.5 Å². The molecule has 1 aliphatic rings. The molecular weight excluding hydrogens is 378 g/mol. The lowest BCUT2D eigenvalue weighted by Crippen LogP contribution is -2.49. The number of hydrogen-bond donors (Lipinski definition) is 1. The van der Waals surface area contributed by atoms with Crippen molar-refractivity contribution in [2.45, 2.75) is 0 Å². The molecule has 2 aromatic heterocycles. The minimum absolute atomic E-state index is 0.120. The van der Waals surface area contributed by atoms with Gasteiger partial charge in [-0.1, -0.05) is 0 Å². The Bertz CT molecular complexity index is 992. The number of rotatable bonds is 4. The molecule has 29 heavy (non-hydrogen) atoms. The molecule has 7 nitrogen and oxygen atoms in total. The third-order valence-corrected chi connectivity index (χ3v) is 4.64. The van der Waals surface area contributed by atoms with Gasteiger partial charge in [0.25, 0.3) is 5.91 Å². The summed E-state index contributed by atoms with van der Waals surface area (Å²) in [5.41, 5.74) is 0.695. The number of carbonyl (C=O) groups excluding carboxylic acids is 1. The van der Waals surface area contributed by atoms with E-state index in [1.54, 1.807) is 17.3 Å². The summed E-state index contributed by atoms with van der Waals surface area (Å²) in [7, 11) is 0. The van der Waals surface area contributed by atoms with Crippen molar-refractivity contribution in [3.05, 3.63) is 72.1 Å². The Morgan fingerprint density at radius 2 is 1.83 bits per heavy atom. The Labute approximate surface area is 166 Å². The molecule has 9 heteroatoms. The highest BCUT2D eigenvalue weighted by Gasteiger charge is 2.25. The van der Waals surface area contributed by atoms with E-state index >= 15 is 0 Å². The van der Waals surface area contributed by atoms with Gasteiger partial charge in [-0.15, -0.1) is 10.2 Å². The first-order chi connectivity index (χ1) is 14.1. The number of halogens is 2. The highest BCUT2D eigenvalue weighted by atomic mass is 19.1. The summed E-state index contributed by atoms with van der Waals surface area (Å²) in [5.74, 6) is -0.697. The monoisotopic (exact) mass is 396 g/mol. The Hall–Kier alpha value is -3.62. The molecule has 0 bridgehead atoms. The number of hydrogen-bond acceptors (Lipinski definition) is 6. The summed E-state index contributed by atoms with van der Waals surface area (Å²) in [4.78, 5) is 20.1. The fraction of sp³-hybridized carbons (Fsp3) is 0.200. The Kier molecular flexibility index (Phi) is 5.28. The van der Waals surface area contributed by atoms with Crippen LogP contribution in [-0.2, 0) is 0 Å². The Morgan fingerprint density at radius 3 is 2.48 bits per heavy atom. The van der Waals surface area contributed by atoms with E-state index in [4.69, 9.17) is 0 Å². The average molecular weight is 396 g/mol. The van der Waals surface area contributed by atoms with E-state index in [0.717, 1.165) is 17.8 Å². The van der Waals surface area contributed by atoms with Crippen molar-refractivity contribution in [3.63, 3.8) is 0 Å². The van der Waals surface area contributed by atoms with Crippen molar-refractivity contribution in [1.29, 1.82) is 0 Å². The second-order valence-electron chi connectivity index (χ2n) is 6.55. The highest BCUT2D eigenvalue weighted by molar-refractivity contribution is 5.94. The van der Waals surface area contributed by atoms with Crippen molar-refractivity contribution in [3.8, 4) is 0 Å². The van der Waals surface area contributed by atoms with Crippen LogP contribution < -0.4 is 10.2 Å². The van der Waals surface area contributed by atoms with Gasteiger partial charge in [-0.25, -0.2) is 8.78 Å². The molecule has 0 atom stereocenters. The van der Waals surface area contributed by atoms with Gasteiger partial charge in [0.1, 0.15) is 11.6 Å². The Morgan fingerprint density at radius 1 is 1.00 bits per heavy atom. The molecule has 0 spiro atoms. The maximum Gasteiger partial charge on any atom is 0.256 e. The molecule has 1 saturated heterocycles. The number of anilines is 3. The standard InChI is InChI=1S/C20H18F2N6O/c21-14-3-4-16(17(22)12-14)20(29)28-10-8-27(9-11-28)19-6-5-18(25-26-19)24-15-2-1-7-23-13-15/h1-7,12-13H,8-11H2,(H,24,25). The number of piperazine rings is 1. The van der Waals surface area contributed by atoms with Crippen LogP contribution >= 0.6 is 0 Å². The van der Waals surface area contributed by atoms with Crippen LogP contribution in [0.2, 0.25) is 0 Å². The van der Waals surface area contributed by atoms with E-state index in [-0.39, 0.29) is 5.56 Å². The second-order valence-corrected chi connectivity index (χ2v) is 6.55. The van der Waals surface area contributed by atoms with E-state index in [0.29, 0.717) is 37.8 Å². The molecule has 1 fully saturated rings. The van der Waals surface area contributed by atoms with Gasteiger partial charge >= 0.3 is 0 Å². The van der Waals surface area contributed by atoms with Gasteiger partial charge in [0.15, 0.2) is 11.6 Å². The predicted molar refractivity (Wildman–Crippen MR) is 104 cm³/mol. The molecule has 1 N–H and O–H groups in total. The molecule has 3 aromatic rings. The van der Waals surface area contributed by atoms with Crippen LogP contribution in [0.5, 0.6) is 0 Å². The molecule has 1 amide bonds. The molecule has 0 aliphatic carbocycles. The van der Waals surface area contributed by atoms with Gasteiger partial charge in [-0.05, 0) is 36.4 Å². The maximum atomic E-state index is 13.9. The van der Waals surface area contributed by atoms with E-state index in [9.17, 15) is 13.6 Å². The number of amides is 1. The van der Waals surface area contributed by atoms with Crippen molar-refractivity contribution < 1.29 is 13.6 Å². The van der Waals surface area contributed by atoms with Crippen LogP contribution in [0.1, 0.15) is 10.4 Å². The summed E-state index contributed by atoms with van der Waals surface area (Å²) in [6.45, 7) is 1.90. The molecule has 0 unspecified atom stereocenters. The van der Waals surface area contributed by atoms with Crippen molar-refractivity contribution >= 4 is 23.2 Å². The maximum absolute atomic E-state index is 13.9. The summed E-state index contributed by atoms with van der Waals surface area (Å²) in [6, 6.07) is 10.4. The highest BCUT2D eigenvalue weighted by Crippen LogP contribution is 2.19. The summed E-state index contributed by atoms with van der Waals surface area (Å²) >= 11 is 0. The fourth-order valence-electron chi connectivity index (χ4n) is 3.12. The SMILES string of the molecule is O=C(c1ccc(F)cc1F)N1CCN(c2ccc(Nc3cccnc3)nn2)CC1. The topological polar surface area (TPSA) is 74.2 Å². The predicted octanol–water partition coefficient (Wildman–Crippen LogP) is 2.86. The number of carbonyl (C=O) groups is 1. The van der Waals surface area contributed by atoms with E-state index < -0.39 is 17.5 Å². The normalized spacial score (nSPS) is 14.0. The molecule has 4 rings (SSSR count). The number of nitrogens with zero attached hydrogens (tertiary/aromatic N) is 5. The van der Waals surface area contributed by atoms with E-state index in [1.165, 1.54) is 6.07 Å². The van der Waals surface area contributed by atoms with Gasteiger partial charge < -0.3 is 15.1 Å². The van der Waals surface area contributed by atoms with Crippen LogP contribution in [0, 0.1) is 11.6 Å². The van der Waals surface area contributed by atoms with Crippen molar-refractivity contribution in [2.24, 2.45) is 0 Å². The lowest BCUT2D eigenvalue weighted by Gasteiger charge is -2.35. The lowest BCUT2D eigenvalue weighted by atomic mass is 10.1. The zero-order chi connectivity index (χ0) is 20.2. The zero-order valence-electron chi connectivity index (χ0n) is 15.4. The van der Waals surface area contributed by atoms with Gasteiger partial charge in [0, 0.05) is 38.4 Å². The van der Waals surface area contributed by atoms with Crippen LogP contribution in [0.25, 0.3) is 0 Å². The van der Waals surface area contributed by atoms with Gasteiger partial charge in [-0.3, -0.25) is 9.78 Å². The quantitative estimate of drug-likeness (QED) is 0.731. The number of benzene rings is 1. The number of nitrogens with one attached hydrogen (secondary N) is 1. The number of pyridine rings is 1. The van der Waals surface area contributed by atoms with Crippen molar-refractivity contribution in [1.82, 2.24) is 20.1 Å². The summed E-state index contributed by atoms with van der Waals surface area (Å²) in [5, 5.41) is 11.5. The summed E-state index contributed by atoms with van der Waals surface area (Å²) < 4.78 is 26.9. The largest absolute Gasteiger partial charge is 0.352 e. The van der Waals surface area contributed by atoms with Crippen molar-refractivity contribution in [2.75, 3.05) is 36.4 Å². The third-order valence-electron chi connectivity index (χ3n) is 4.64. The summed E-state index contributed by atoms with van der Waals surface area (Å²) in [6.07, 6.45) is 3.38. The van der Waals surface area contributed by atoms with Crippen LogP contribution in [0.4, 0.5) is 26.1 Å². The first-order valence-corrected chi connectivity index (χ1v) is 9.10. The van der Waals surface area contributed by atoms with Crippen LogP contribution in [0.15, 0.2) is 54.9 Å². The average Bonchev–Trinajstić information content (AvgIpc) is 2.75. The number of aromatic nitrogens is 3. The Balaban J connectivity index is 1.36. The third kappa shape index (κ3) is 4.29. The fourth-order valence-corrected chi connectivity index (χ4v) is 3.12. The first-order valence-electron chi connectivity index (χ1n) is 9.10. The second kappa shape index (κ2) is 8.17. The molecular formula is C20H18F2N6O. The smallest absolute Gasteiger partial charge is 0.256 e. The van der Waals surface area contributed by atoms with Crippen LogP contribution in [-0.4, -0.2) is 52.2 Å². The van der Waals surface area contributed by atoms with Gasteiger partial charge in [-0.2, -0.15) is 0 Å². The molecule has 0 radical (unpaired) electrons. The minimum atomic E-state index is -0.847. The van der Waals surface area contributed by atoms with Gasteiger partial charge in [0.2, 0.25) is 0 Å². The van der Waals surface area contributed by atoms with E-state index in [1.807, 2.05) is 29.2 Å². The molecule has 1 aliphatic heterocycles. The molecule has 3 heterocycles. The lowest BCUT2D eigenvalue weighted by molar-refractivity contribution is 0.0741. The molecule has 148 valence electrons. The minimum Gasteiger partial charge on any atom is -0.352 e. The zero-order valence-corrected chi connectivity index (χ0v) is 15.4. The first kappa shape index (κ1) is 18.7. The molecule has 1 aromatic carbocycles. The molecule has 0 saturated carbocycles. The van der Waals surface area contributed by atoms with Gasteiger partial charge in [0.05, 0.1) is 17.4 Å².